The molecule has 1 aliphatic carbocycles. The van der Waals surface area contributed by atoms with E-state index in [9.17, 15) is 0 Å². The van der Waals surface area contributed by atoms with Crippen LogP contribution in [0.1, 0.15) is 64.5 Å². The van der Waals surface area contributed by atoms with Crippen LogP contribution in [0.4, 0.5) is 0 Å². The fraction of sp³-hybridized carbons (Fsp3) is 0.684. The van der Waals surface area contributed by atoms with Gasteiger partial charge in [0, 0.05) is 12.1 Å². The summed E-state index contributed by atoms with van der Waals surface area (Å²) < 4.78 is 5.23. The van der Waals surface area contributed by atoms with Gasteiger partial charge in [-0.3, -0.25) is 0 Å². The molecule has 21 heavy (non-hydrogen) atoms. The minimum Gasteiger partial charge on any atom is -0.497 e. The monoisotopic (exact) mass is 289 g/mol. The first-order chi connectivity index (χ1) is 10.1. The van der Waals surface area contributed by atoms with Crippen molar-refractivity contribution in [1.29, 1.82) is 0 Å². The van der Waals surface area contributed by atoms with Crippen LogP contribution in [0.2, 0.25) is 0 Å². The minimum absolute atomic E-state index is 0.415. The molecule has 0 amide bonds. The van der Waals surface area contributed by atoms with Gasteiger partial charge in [-0.05, 0) is 55.7 Å². The van der Waals surface area contributed by atoms with E-state index in [0.29, 0.717) is 12.1 Å². The van der Waals surface area contributed by atoms with Crippen LogP contribution in [0.25, 0.3) is 0 Å². The van der Waals surface area contributed by atoms with E-state index < -0.39 is 0 Å². The average Bonchev–Trinajstić information content (AvgIpc) is 2.47. The lowest BCUT2D eigenvalue weighted by Crippen LogP contribution is -2.36. The molecule has 0 saturated heterocycles. The number of methoxy groups -OCH3 is 1. The number of benzene rings is 1. The molecule has 0 aliphatic heterocycles. The summed E-state index contributed by atoms with van der Waals surface area (Å²) in [5.41, 5.74) is 1.35. The summed E-state index contributed by atoms with van der Waals surface area (Å²) in [6.45, 7) is 6.96. The van der Waals surface area contributed by atoms with Crippen molar-refractivity contribution in [3.8, 4) is 5.75 Å². The number of nitrogens with one attached hydrogen (secondary N) is 1. The summed E-state index contributed by atoms with van der Waals surface area (Å²) in [5, 5.41) is 3.83. The molecule has 1 aliphatic rings. The van der Waals surface area contributed by atoms with Crippen molar-refractivity contribution in [3.63, 3.8) is 0 Å². The van der Waals surface area contributed by atoms with Crippen LogP contribution in [0, 0.1) is 11.8 Å². The third-order valence-electron chi connectivity index (χ3n) is 4.69. The van der Waals surface area contributed by atoms with Crippen LogP contribution in [0.15, 0.2) is 24.3 Å². The van der Waals surface area contributed by atoms with Gasteiger partial charge in [-0.2, -0.15) is 0 Å². The minimum atomic E-state index is 0.415. The summed E-state index contributed by atoms with van der Waals surface area (Å²) >= 11 is 0. The van der Waals surface area contributed by atoms with Gasteiger partial charge in [0.25, 0.3) is 0 Å². The lowest BCUT2D eigenvalue weighted by atomic mass is 9.81. The number of hydrogen-bond acceptors (Lipinski definition) is 2. The van der Waals surface area contributed by atoms with E-state index in [1.54, 1.807) is 7.11 Å². The highest BCUT2D eigenvalue weighted by molar-refractivity contribution is 5.28. The second-order valence-corrected chi connectivity index (χ2v) is 7.02. The Morgan fingerprint density at radius 2 is 1.86 bits per heavy atom. The van der Waals surface area contributed by atoms with E-state index in [2.05, 4.69) is 50.4 Å². The molecule has 2 rings (SSSR count). The van der Waals surface area contributed by atoms with E-state index in [1.807, 2.05) is 0 Å². The molecule has 0 heterocycles. The summed E-state index contributed by atoms with van der Waals surface area (Å²) in [6.07, 6.45) is 6.86. The third-order valence-corrected chi connectivity index (χ3v) is 4.69. The fourth-order valence-electron chi connectivity index (χ4n) is 3.67. The highest BCUT2D eigenvalue weighted by atomic mass is 16.5. The predicted molar refractivity (Wildman–Crippen MR) is 89.7 cm³/mol. The highest BCUT2D eigenvalue weighted by Gasteiger charge is 2.23. The predicted octanol–water partition coefficient (Wildman–Crippen LogP) is 4.95. The van der Waals surface area contributed by atoms with Gasteiger partial charge in [0.1, 0.15) is 5.75 Å². The molecule has 0 spiro atoms. The van der Waals surface area contributed by atoms with Gasteiger partial charge in [0.05, 0.1) is 7.11 Å². The molecule has 3 atom stereocenters. The van der Waals surface area contributed by atoms with E-state index in [-0.39, 0.29) is 0 Å². The number of hydrogen-bond donors (Lipinski definition) is 1. The lowest BCUT2D eigenvalue weighted by Gasteiger charge is -2.33. The zero-order chi connectivity index (χ0) is 15.2. The molecule has 1 aromatic carbocycles. The molecular formula is C19H31NO. The molecule has 2 heteroatoms. The second-order valence-electron chi connectivity index (χ2n) is 7.02. The third kappa shape index (κ3) is 5.03. The van der Waals surface area contributed by atoms with Crippen LogP contribution in [0.5, 0.6) is 5.75 Å². The molecule has 1 N–H and O–H groups in total. The van der Waals surface area contributed by atoms with E-state index in [4.69, 9.17) is 4.74 Å². The number of ether oxygens (including phenoxy) is 1. The van der Waals surface area contributed by atoms with Crippen molar-refractivity contribution < 1.29 is 4.74 Å². The molecule has 0 radical (unpaired) electrons. The summed E-state index contributed by atoms with van der Waals surface area (Å²) in [4.78, 5) is 0. The maximum Gasteiger partial charge on any atom is 0.118 e. The van der Waals surface area contributed by atoms with E-state index in [1.165, 1.54) is 37.7 Å². The van der Waals surface area contributed by atoms with Gasteiger partial charge in [-0.1, -0.05) is 38.8 Å². The zero-order valence-corrected chi connectivity index (χ0v) is 14.1. The van der Waals surface area contributed by atoms with Gasteiger partial charge >= 0.3 is 0 Å². The largest absolute Gasteiger partial charge is 0.497 e. The smallest absolute Gasteiger partial charge is 0.118 e. The van der Waals surface area contributed by atoms with Crippen LogP contribution < -0.4 is 10.1 Å². The Labute approximate surface area is 130 Å². The second kappa shape index (κ2) is 7.84. The van der Waals surface area contributed by atoms with Crippen molar-refractivity contribution in [2.45, 2.75) is 65.0 Å². The first-order valence-electron chi connectivity index (χ1n) is 8.48. The Morgan fingerprint density at radius 1 is 1.14 bits per heavy atom. The van der Waals surface area contributed by atoms with Crippen molar-refractivity contribution in [3.05, 3.63) is 29.8 Å². The Morgan fingerprint density at radius 3 is 2.48 bits per heavy atom. The summed E-state index contributed by atoms with van der Waals surface area (Å²) in [6, 6.07) is 9.54. The molecule has 0 aromatic heterocycles. The normalized spacial score (nSPS) is 24.0. The Kier molecular flexibility index (Phi) is 6.10. The van der Waals surface area contributed by atoms with Crippen molar-refractivity contribution in [1.82, 2.24) is 5.32 Å². The number of rotatable bonds is 6. The molecule has 118 valence electrons. The zero-order valence-electron chi connectivity index (χ0n) is 14.1. The molecular weight excluding hydrogens is 258 g/mol. The summed E-state index contributed by atoms with van der Waals surface area (Å²) in [5.74, 6) is 2.67. The van der Waals surface area contributed by atoms with Crippen LogP contribution in [-0.2, 0) is 0 Å². The van der Waals surface area contributed by atoms with Crippen LogP contribution >= 0.6 is 0 Å². The maximum atomic E-state index is 5.23. The Bertz CT molecular complexity index is 412. The van der Waals surface area contributed by atoms with Gasteiger partial charge < -0.3 is 10.1 Å². The Hall–Kier alpha value is -1.02. The maximum absolute atomic E-state index is 5.23. The standard InChI is InChI=1S/C19H31NO/c1-14(2)12-16-6-5-7-18(13-16)20-15(3)17-8-10-19(21-4)11-9-17/h8-11,14-16,18,20H,5-7,12-13H2,1-4H3/t15-,16?,18?/m0/s1. The summed E-state index contributed by atoms with van der Waals surface area (Å²) in [7, 11) is 1.72. The van der Waals surface area contributed by atoms with Crippen LogP contribution in [-0.4, -0.2) is 13.2 Å². The SMILES string of the molecule is COc1ccc([C@H](C)NC2CCCC(CC(C)C)C2)cc1. The molecule has 1 fully saturated rings. The van der Waals surface area contributed by atoms with E-state index >= 15 is 0 Å². The first-order valence-corrected chi connectivity index (χ1v) is 8.48. The van der Waals surface area contributed by atoms with Crippen LogP contribution in [0.3, 0.4) is 0 Å². The van der Waals surface area contributed by atoms with Gasteiger partial charge in [0.15, 0.2) is 0 Å². The van der Waals surface area contributed by atoms with Crippen molar-refractivity contribution >= 4 is 0 Å². The van der Waals surface area contributed by atoms with E-state index in [0.717, 1.165) is 17.6 Å². The fourth-order valence-corrected chi connectivity index (χ4v) is 3.67. The quantitative estimate of drug-likeness (QED) is 0.800. The van der Waals surface area contributed by atoms with Crippen molar-refractivity contribution in [2.24, 2.45) is 11.8 Å². The molecule has 2 nitrogen and oxygen atoms in total. The topological polar surface area (TPSA) is 21.3 Å². The highest BCUT2D eigenvalue weighted by Crippen LogP contribution is 2.30. The van der Waals surface area contributed by atoms with Gasteiger partial charge in [-0.15, -0.1) is 0 Å². The molecule has 1 aromatic rings. The van der Waals surface area contributed by atoms with Gasteiger partial charge in [-0.25, -0.2) is 0 Å². The van der Waals surface area contributed by atoms with Gasteiger partial charge in [0.2, 0.25) is 0 Å². The molecule has 1 saturated carbocycles. The average molecular weight is 289 g/mol. The lowest BCUT2D eigenvalue weighted by molar-refractivity contribution is 0.242. The van der Waals surface area contributed by atoms with Crippen molar-refractivity contribution in [2.75, 3.05) is 7.11 Å². The Balaban J connectivity index is 1.87. The first kappa shape index (κ1) is 16.4. The molecule has 2 unspecified atom stereocenters. The molecule has 0 bridgehead atoms.